The van der Waals surface area contributed by atoms with Crippen LogP contribution in [0.2, 0.25) is 0 Å². The molecule has 0 saturated heterocycles. The SMILES string of the molecule is CCc1ccc(C2N=C(NC#N)Nc3nc(N)c(C#N)c(N)c32)cc1[N+](=O)[O-]. The van der Waals surface area contributed by atoms with Crippen molar-refractivity contribution in [1.82, 2.24) is 10.3 Å². The number of aryl methyl sites for hydroxylation is 1. The van der Waals surface area contributed by atoms with E-state index >= 15 is 0 Å². The third kappa shape index (κ3) is 2.97. The van der Waals surface area contributed by atoms with Crippen LogP contribution < -0.4 is 22.1 Å². The molecule has 2 aromatic rings. The van der Waals surface area contributed by atoms with E-state index in [2.05, 4.69) is 20.6 Å². The summed E-state index contributed by atoms with van der Waals surface area (Å²) in [7, 11) is 0. The first-order chi connectivity index (χ1) is 13.4. The highest BCUT2D eigenvalue weighted by molar-refractivity contribution is 5.98. The van der Waals surface area contributed by atoms with Gasteiger partial charge in [0.2, 0.25) is 5.96 Å². The molecule has 11 nitrogen and oxygen atoms in total. The molecule has 1 atom stereocenters. The average Bonchev–Trinajstić information content (AvgIpc) is 2.67. The van der Waals surface area contributed by atoms with E-state index in [-0.39, 0.29) is 34.5 Å². The van der Waals surface area contributed by atoms with Crippen LogP contribution in [0.5, 0.6) is 0 Å². The van der Waals surface area contributed by atoms with Crippen molar-refractivity contribution in [1.29, 1.82) is 10.5 Å². The minimum absolute atomic E-state index is 0.00267. The first kappa shape index (κ1) is 18.4. The zero-order chi connectivity index (χ0) is 20.4. The van der Waals surface area contributed by atoms with Crippen LogP contribution in [0.15, 0.2) is 23.2 Å². The van der Waals surface area contributed by atoms with Crippen LogP contribution in [0.1, 0.15) is 35.2 Å². The Bertz CT molecular complexity index is 1100. The van der Waals surface area contributed by atoms with Crippen molar-refractivity contribution in [2.24, 2.45) is 4.99 Å². The lowest BCUT2D eigenvalue weighted by atomic mass is 9.93. The summed E-state index contributed by atoms with van der Waals surface area (Å²) in [5.41, 5.74) is 13.4. The van der Waals surface area contributed by atoms with Gasteiger partial charge in [-0.2, -0.15) is 10.5 Å². The van der Waals surface area contributed by atoms with Crippen molar-refractivity contribution in [2.75, 3.05) is 16.8 Å². The first-order valence-electron chi connectivity index (χ1n) is 8.17. The summed E-state index contributed by atoms with van der Waals surface area (Å²) in [6, 6.07) is 5.84. The minimum atomic E-state index is -0.822. The molecule has 0 aliphatic carbocycles. The predicted molar refractivity (Wildman–Crippen MR) is 102 cm³/mol. The highest BCUT2D eigenvalue weighted by Gasteiger charge is 2.30. The van der Waals surface area contributed by atoms with Gasteiger partial charge >= 0.3 is 0 Å². The maximum Gasteiger partial charge on any atom is 0.272 e. The molecule has 0 spiro atoms. The van der Waals surface area contributed by atoms with Gasteiger partial charge in [0.1, 0.15) is 29.3 Å². The molecule has 140 valence electrons. The molecule has 1 aromatic heterocycles. The molecule has 2 heterocycles. The maximum atomic E-state index is 11.4. The summed E-state index contributed by atoms with van der Waals surface area (Å²) < 4.78 is 0. The van der Waals surface area contributed by atoms with Crippen molar-refractivity contribution < 1.29 is 4.92 Å². The Kier molecular flexibility index (Phi) is 4.66. The van der Waals surface area contributed by atoms with Crippen molar-refractivity contribution in [2.45, 2.75) is 19.4 Å². The van der Waals surface area contributed by atoms with E-state index in [9.17, 15) is 15.4 Å². The number of rotatable bonds is 3. The predicted octanol–water partition coefficient (Wildman–Crippen LogP) is 1.53. The topological polar surface area (TPSA) is 192 Å². The van der Waals surface area contributed by atoms with Crippen LogP contribution in [0.4, 0.5) is 23.0 Å². The van der Waals surface area contributed by atoms with Crippen LogP contribution in [0.25, 0.3) is 0 Å². The third-order valence-corrected chi connectivity index (χ3v) is 4.36. The molecule has 0 fully saturated rings. The number of nitrogens with two attached hydrogens (primary N) is 2. The molecule has 1 unspecified atom stereocenters. The Balaban J connectivity index is 2.26. The lowest BCUT2D eigenvalue weighted by Crippen LogP contribution is -2.32. The Labute approximate surface area is 159 Å². The van der Waals surface area contributed by atoms with Gasteiger partial charge in [0.05, 0.1) is 10.6 Å². The van der Waals surface area contributed by atoms with E-state index in [4.69, 9.17) is 16.7 Å². The highest BCUT2D eigenvalue weighted by Crippen LogP contribution is 2.41. The summed E-state index contributed by atoms with van der Waals surface area (Å²) in [4.78, 5) is 19.5. The second kappa shape index (κ2) is 7.09. The molecular formula is C17H15N9O2. The molecule has 1 aliphatic heterocycles. The Morgan fingerprint density at radius 1 is 1.39 bits per heavy atom. The van der Waals surface area contributed by atoms with E-state index in [1.54, 1.807) is 18.3 Å². The molecule has 0 saturated carbocycles. The van der Waals surface area contributed by atoms with Gasteiger partial charge in [-0.05, 0) is 12.0 Å². The fourth-order valence-electron chi connectivity index (χ4n) is 3.04. The normalized spacial score (nSPS) is 14.7. The molecule has 6 N–H and O–H groups in total. The zero-order valence-corrected chi connectivity index (χ0v) is 14.7. The fraction of sp³-hybridized carbons (Fsp3) is 0.176. The number of nitro benzene ring substituents is 1. The second-order valence-electron chi connectivity index (χ2n) is 5.90. The van der Waals surface area contributed by atoms with E-state index in [1.165, 1.54) is 6.07 Å². The largest absolute Gasteiger partial charge is 0.397 e. The molecular weight excluding hydrogens is 362 g/mol. The minimum Gasteiger partial charge on any atom is -0.397 e. The highest BCUT2D eigenvalue weighted by atomic mass is 16.6. The van der Waals surface area contributed by atoms with E-state index in [0.717, 1.165) is 0 Å². The number of aliphatic imine (C=N–C) groups is 1. The van der Waals surface area contributed by atoms with E-state index in [0.29, 0.717) is 23.1 Å². The second-order valence-corrected chi connectivity index (χ2v) is 5.90. The molecule has 0 radical (unpaired) electrons. The van der Waals surface area contributed by atoms with E-state index in [1.807, 2.05) is 13.0 Å². The summed E-state index contributed by atoms with van der Waals surface area (Å²) in [5.74, 6) is 0.225. The van der Waals surface area contributed by atoms with Gasteiger partial charge in [0.25, 0.3) is 5.69 Å². The standard InChI is InChI=1S/C17H15N9O2/c1-2-8-3-4-9(5-11(8)26(27)28)14-12-13(20)10(6-18)15(21)24-16(12)25-17(23-14)22-7-19/h3-5,14H,2H2,1H3,(H6,20,21,22,23,24,25). The number of anilines is 3. The molecule has 11 heteroatoms. The van der Waals surface area contributed by atoms with Gasteiger partial charge < -0.3 is 16.8 Å². The molecule has 0 bridgehead atoms. The lowest BCUT2D eigenvalue weighted by molar-refractivity contribution is -0.385. The van der Waals surface area contributed by atoms with Crippen molar-refractivity contribution in [3.05, 3.63) is 50.6 Å². The van der Waals surface area contributed by atoms with Crippen LogP contribution in [0, 0.1) is 32.9 Å². The first-order valence-corrected chi connectivity index (χ1v) is 8.17. The number of fused-ring (bicyclic) bond motifs is 1. The summed E-state index contributed by atoms with van der Waals surface area (Å²) >= 11 is 0. The molecule has 3 rings (SSSR count). The smallest absolute Gasteiger partial charge is 0.272 e. The molecule has 1 aliphatic rings. The van der Waals surface area contributed by atoms with Gasteiger partial charge in [-0.1, -0.05) is 19.1 Å². The number of pyridine rings is 1. The van der Waals surface area contributed by atoms with Gasteiger partial charge in [0, 0.05) is 17.2 Å². The van der Waals surface area contributed by atoms with Crippen LogP contribution in [0.3, 0.4) is 0 Å². The van der Waals surface area contributed by atoms with Crippen molar-refractivity contribution in [3.8, 4) is 12.3 Å². The number of benzene rings is 1. The van der Waals surface area contributed by atoms with Gasteiger partial charge in [0.15, 0.2) is 6.19 Å². The Morgan fingerprint density at radius 3 is 2.75 bits per heavy atom. The van der Waals surface area contributed by atoms with Gasteiger partial charge in [-0.25, -0.2) is 9.98 Å². The Hall–Kier alpha value is -4.38. The monoisotopic (exact) mass is 377 g/mol. The lowest BCUT2D eigenvalue weighted by Gasteiger charge is -2.26. The third-order valence-electron chi connectivity index (χ3n) is 4.36. The number of nitrogens with zero attached hydrogens (tertiary/aromatic N) is 5. The average molecular weight is 377 g/mol. The number of nitro groups is 1. The van der Waals surface area contributed by atoms with Crippen LogP contribution in [-0.4, -0.2) is 15.9 Å². The quantitative estimate of drug-likeness (QED) is 0.265. The van der Waals surface area contributed by atoms with Crippen molar-refractivity contribution >= 4 is 29.0 Å². The van der Waals surface area contributed by atoms with Crippen molar-refractivity contribution in [3.63, 3.8) is 0 Å². The number of hydrogen-bond acceptors (Lipinski definition) is 10. The number of hydrogen-bond donors (Lipinski definition) is 4. The van der Waals surface area contributed by atoms with Crippen LogP contribution >= 0.6 is 0 Å². The summed E-state index contributed by atoms with van der Waals surface area (Å²) in [6.07, 6.45) is 2.23. The van der Waals surface area contributed by atoms with Crippen LogP contribution in [-0.2, 0) is 6.42 Å². The number of guanidine groups is 1. The molecule has 28 heavy (non-hydrogen) atoms. The van der Waals surface area contributed by atoms with Gasteiger partial charge in [-0.3, -0.25) is 15.4 Å². The summed E-state index contributed by atoms with van der Waals surface area (Å²) in [6.45, 7) is 1.82. The Morgan fingerprint density at radius 2 is 2.14 bits per heavy atom. The van der Waals surface area contributed by atoms with E-state index < -0.39 is 11.0 Å². The molecule has 0 amide bonds. The number of nitrogens with one attached hydrogen (secondary N) is 2. The van der Waals surface area contributed by atoms with Gasteiger partial charge in [-0.15, -0.1) is 0 Å². The zero-order valence-electron chi connectivity index (χ0n) is 14.7. The number of nitrogen functional groups attached to an aromatic ring is 2. The number of aromatic nitrogens is 1. The fourth-order valence-corrected chi connectivity index (χ4v) is 3.04. The molecule has 1 aromatic carbocycles. The number of nitriles is 2. The maximum absolute atomic E-state index is 11.4. The summed E-state index contributed by atoms with van der Waals surface area (Å²) in [5, 5.41) is 34.9.